The number of pyridine rings is 1. The molecule has 0 radical (unpaired) electrons. The first kappa shape index (κ1) is 15.3. The van der Waals surface area contributed by atoms with E-state index in [1.165, 1.54) is 5.69 Å². The lowest BCUT2D eigenvalue weighted by atomic mass is 10.4. The van der Waals surface area contributed by atoms with Crippen LogP contribution in [-0.4, -0.2) is 42.2 Å². The highest BCUT2D eigenvalue weighted by Gasteiger charge is 2.03. The minimum Gasteiger partial charge on any atom is -0.383 e. The van der Waals surface area contributed by atoms with E-state index in [1.807, 2.05) is 25.3 Å². The normalized spacial score (nSPS) is 11.9. The Morgan fingerprint density at radius 2 is 2.24 bits per heavy atom. The number of guanidine groups is 1. The molecule has 2 aromatic rings. The molecule has 0 fully saturated rings. The summed E-state index contributed by atoms with van der Waals surface area (Å²) < 4.78 is 7.10. The van der Waals surface area contributed by atoms with Gasteiger partial charge in [-0.1, -0.05) is 6.07 Å². The molecule has 0 saturated carbocycles. The van der Waals surface area contributed by atoms with Crippen LogP contribution in [0, 0.1) is 6.92 Å². The molecule has 2 aromatic heterocycles. The van der Waals surface area contributed by atoms with Gasteiger partial charge in [0.2, 0.25) is 0 Å². The van der Waals surface area contributed by atoms with Gasteiger partial charge in [0.15, 0.2) is 5.96 Å². The number of imidazole rings is 1. The van der Waals surface area contributed by atoms with Crippen molar-refractivity contribution in [1.29, 1.82) is 0 Å². The number of aromatic nitrogens is 2. The summed E-state index contributed by atoms with van der Waals surface area (Å²) in [7, 11) is 1.69. The van der Waals surface area contributed by atoms with E-state index in [4.69, 9.17) is 4.74 Å². The molecule has 0 amide bonds. The van der Waals surface area contributed by atoms with Gasteiger partial charge in [-0.3, -0.25) is 0 Å². The molecular formula is C15H23N5O. The van der Waals surface area contributed by atoms with Crippen molar-refractivity contribution in [2.75, 3.05) is 26.8 Å². The first-order chi connectivity index (χ1) is 10.2. The number of nitrogens with zero attached hydrogens (tertiary/aromatic N) is 3. The molecule has 21 heavy (non-hydrogen) atoms. The van der Waals surface area contributed by atoms with Crippen molar-refractivity contribution in [2.45, 2.75) is 20.4 Å². The fourth-order valence-electron chi connectivity index (χ4n) is 2.05. The van der Waals surface area contributed by atoms with E-state index in [2.05, 4.69) is 38.0 Å². The predicted octanol–water partition coefficient (Wildman–Crippen LogP) is 1.34. The minimum atomic E-state index is 0.545. The molecule has 0 aromatic carbocycles. The molecule has 6 nitrogen and oxygen atoms in total. The molecule has 0 atom stereocenters. The number of hydrogen-bond donors (Lipinski definition) is 2. The molecule has 114 valence electrons. The van der Waals surface area contributed by atoms with E-state index < -0.39 is 0 Å². The maximum atomic E-state index is 5.03. The third-order valence-corrected chi connectivity index (χ3v) is 3.09. The zero-order chi connectivity index (χ0) is 15.1. The van der Waals surface area contributed by atoms with Crippen molar-refractivity contribution in [3.05, 3.63) is 35.8 Å². The van der Waals surface area contributed by atoms with Crippen LogP contribution in [0.1, 0.15) is 18.3 Å². The topological polar surface area (TPSA) is 63.0 Å². The summed E-state index contributed by atoms with van der Waals surface area (Å²) in [6.45, 7) is 6.86. The molecule has 0 unspecified atom stereocenters. The number of aliphatic imine (C=N–C) groups is 1. The third kappa shape index (κ3) is 4.19. The molecule has 0 saturated heterocycles. The van der Waals surface area contributed by atoms with E-state index in [9.17, 15) is 0 Å². The lowest BCUT2D eigenvalue weighted by Crippen LogP contribution is -2.38. The van der Waals surface area contributed by atoms with Crippen LogP contribution in [0.25, 0.3) is 5.65 Å². The summed E-state index contributed by atoms with van der Waals surface area (Å²) in [5.41, 5.74) is 3.08. The maximum absolute atomic E-state index is 5.03. The van der Waals surface area contributed by atoms with E-state index >= 15 is 0 Å². The molecule has 0 aliphatic heterocycles. The van der Waals surface area contributed by atoms with Crippen LogP contribution in [0.3, 0.4) is 0 Å². The molecule has 0 spiro atoms. The molecule has 0 aliphatic rings. The Morgan fingerprint density at radius 3 is 2.95 bits per heavy atom. The number of nitrogens with one attached hydrogen (secondary N) is 2. The van der Waals surface area contributed by atoms with Gasteiger partial charge >= 0.3 is 0 Å². The highest BCUT2D eigenvalue weighted by molar-refractivity contribution is 5.79. The highest BCUT2D eigenvalue weighted by atomic mass is 16.5. The number of ether oxygens (including phenoxy) is 1. The summed E-state index contributed by atoms with van der Waals surface area (Å²) in [6.07, 6.45) is 2.03. The van der Waals surface area contributed by atoms with E-state index in [1.54, 1.807) is 7.11 Å². The SMILES string of the molecule is CCNC(=NCc1cn2c(C)cccc2n1)NCCOC. The second-order valence-corrected chi connectivity index (χ2v) is 4.74. The van der Waals surface area contributed by atoms with Crippen LogP contribution in [-0.2, 0) is 11.3 Å². The van der Waals surface area contributed by atoms with Crippen LogP contribution >= 0.6 is 0 Å². The molecule has 2 N–H and O–H groups in total. The Morgan fingerprint density at radius 1 is 1.38 bits per heavy atom. The predicted molar refractivity (Wildman–Crippen MR) is 84.6 cm³/mol. The molecule has 0 bridgehead atoms. The van der Waals surface area contributed by atoms with E-state index in [0.717, 1.165) is 30.4 Å². The van der Waals surface area contributed by atoms with E-state index in [0.29, 0.717) is 13.2 Å². The monoisotopic (exact) mass is 289 g/mol. The van der Waals surface area contributed by atoms with Crippen molar-refractivity contribution in [2.24, 2.45) is 4.99 Å². The van der Waals surface area contributed by atoms with Gasteiger partial charge in [-0.05, 0) is 26.0 Å². The van der Waals surface area contributed by atoms with Crippen molar-refractivity contribution < 1.29 is 4.74 Å². The standard InChI is InChI=1S/C15H23N5O/c1-4-16-15(17-8-9-21-3)18-10-13-11-20-12(2)6-5-7-14(20)19-13/h5-7,11H,4,8-10H2,1-3H3,(H2,16,17,18). The maximum Gasteiger partial charge on any atom is 0.191 e. The fourth-order valence-corrected chi connectivity index (χ4v) is 2.05. The van der Waals surface area contributed by atoms with Crippen LogP contribution in [0.2, 0.25) is 0 Å². The van der Waals surface area contributed by atoms with Crippen LogP contribution in [0.4, 0.5) is 0 Å². The summed E-state index contributed by atoms with van der Waals surface area (Å²) in [5.74, 6) is 0.781. The smallest absolute Gasteiger partial charge is 0.191 e. The Kier molecular flexibility index (Phi) is 5.57. The summed E-state index contributed by atoms with van der Waals surface area (Å²) in [5, 5.41) is 6.42. The number of rotatable bonds is 6. The largest absolute Gasteiger partial charge is 0.383 e. The van der Waals surface area contributed by atoms with Gasteiger partial charge in [-0.25, -0.2) is 9.98 Å². The van der Waals surface area contributed by atoms with Gasteiger partial charge in [-0.2, -0.15) is 0 Å². The number of hydrogen-bond acceptors (Lipinski definition) is 3. The van der Waals surface area contributed by atoms with Gasteiger partial charge in [-0.15, -0.1) is 0 Å². The molecule has 2 rings (SSSR count). The van der Waals surface area contributed by atoms with Crippen LogP contribution < -0.4 is 10.6 Å². The second-order valence-electron chi connectivity index (χ2n) is 4.74. The Balaban J connectivity index is 2.06. The summed E-state index contributed by atoms with van der Waals surface area (Å²) in [4.78, 5) is 9.12. The van der Waals surface area contributed by atoms with Gasteiger partial charge in [0, 0.05) is 32.1 Å². The molecule has 6 heteroatoms. The quantitative estimate of drug-likeness (QED) is 0.479. The van der Waals surface area contributed by atoms with Crippen molar-refractivity contribution in [3.63, 3.8) is 0 Å². The van der Waals surface area contributed by atoms with Crippen LogP contribution in [0.5, 0.6) is 0 Å². The van der Waals surface area contributed by atoms with Crippen molar-refractivity contribution in [3.8, 4) is 0 Å². The zero-order valence-electron chi connectivity index (χ0n) is 12.9. The fraction of sp³-hybridized carbons (Fsp3) is 0.467. The lowest BCUT2D eigenvalue weighted by molar-refractivity contribution is 0.203. The third-order valence-electron chi connectivity index (χ3n) is 3.09. The first-order valence-corrected chi connectivity index (χ1v) is 7.19. The van der Waals surface area contributed by atoms with Crippen LogP contribution in [0.15, 0.2) is 29.4 Å². The second kappa shape index (κ2) is 7.64. The Hall–Kier alpha value is -2.08. The average Bonchev–Trinajstić information content (AvgIpc) is 2.89. The van der Waals surface area contributed by atoms with Gasteiger partial charge in [0.25, 0.3) is 0 Å². The summed E-state index contributed by atoms with van der Waals surface area (Å²) in [6, 6.07) is 6.08. The zero-order valence-corrected chi connectivity index (χ0v) is 12.9. The number of methoxy groups -OCH3 is 1. The van der Waals surface area contributed by atoms with Gasteiger partial charge in [0.1, 0.15) is 5.65 Å². The molecule has 2 heterocycles. The average molecular weight is 289 g/mol. The number of aryl methyl sites for hydroxylation is 1. The van der Waals surface area contributed by atoms with Crippen molar-refractivity contribution >= 4 is 11.6 Å². The highest BCUT2D eigenvalue weighted by Crippen LogP contribution is 2.09. The first-order valence-electron chi connectivity index (χ1n) is 7.19. The molecule has 0 aliphatic carbocycles. The minimum absolute atomic E-state index is 0.545. The van der Waals surface area contributed by atoms with Crippen molar-refractivity contribution in [1.82, 2.24) is 20.0 Å². The Labute approximate surface area is 125 Å². The summed E-state index contributed by atoms with van der Waals surface area (Å²) >= 11 is 0. The molecular weight excluding hydrogens is 266 g/mol. The van der Waals surface area contributed by atoms with Gasteiger partial charge < -0.3 is 19.8 Å². The van der Waals surface area contributed by atoms with Gasteiger partial charge in [0.05, 0.1) is 18.8 Å². The Bertz CT molecular complexity index is 605. The van der Waals surface area contributed by atoms with E-state index in [-0.39, 0.29) is 0 Å². The lowest BCUT2D eigenvalue weighted by Gasteiger charge is -2.10. The number of fused-ring (bicyclic) bond motifs is 1.